The average Bonchev–Trinajstić information content (AvgIpc) is 3.07. The van der Waals surface area contributed by atoms with Crippen molar-refractivity contribution in [1.29, 1.82) is 0 Å². The molecule has 2 aromatic carbocycles. The van der Waals surface area contributed by atoms with Gasteiger partial charge >= 0.3 is 6.09 Å². The summed E-state index contributed by atoms with van der Waals surface area (Å²) >= 11 is 6.14. The standard InChI is InChI=1S/C25H27ClN4O3/c1-4-33-25(32)28-23(19-9-6-5-7-10-19)15-24(31)29-27-16-20-13-17(2)30(18(20)3)22-12-8-11-21(26)14-22/h5-14,16,23H,4,15H2,1-3H3,(H,28,32)(H,29,31)/b27-16-/t23-/m0/s1. The minimum atomic E-state index is -0.573. The van der Waals surface area contributed by atoms with E-state index in [-0.39, 0.29) is 18.9 Å². The van der Waals surface area contributed by atoms with Crippen molar-refractivity contribution in [2.45, 2.75) is 33.2 Å². The molecule has 3 rings (SSSR count). The van der Waals surface area contributed by atoms with Crippen molar-refractivity contribution in [3.8, 4) is 5.69 Å². The zero-order valence-electron chi connectivity index (χ0n) is 18.8. The molecule has 0 radical (unpaired) electrons. The Morgan fingerprint density at radius 2 is 1.88 bits per heavy atom. The maximum Gasteiger partial charge on any atom is 0.407 e. The maximum atomic E-state index is 12.5. The predicted molar refractivity (Wildman–Crippen MR) is 130 cm³/mol. The highest BCUT2D eigenvalue weighted by molar-refractivity contribution is 6.30. The summed E-state index contributed by atoms with van der Waals surface area (Å²) < 4.78 is 7.04. The predicted octanol–water partition coefficient (Wildman–Crippen LogP) is 5.08. The number of benzene rings is 2. The lowest BCUT2D eigenvalue weighted by atomic mass is 10.0. The van der Waals surface area contributed by atoms with Gasteiger partial charge in [-0.05, 0) is 50.6 Å². The molecule has 0 fully saturated rings. The van der Waals surface area contributed by atoms with Crippen molar-refractivity contribution in [2.75, 3.05) is 6.61 Å². The summed E-state index contributed by atoms with van der Waals surface area (Å²) in [5.74, 6) is -0.333. The van der Waals surface area contributed by atoms with Gasteiger partial charge < -0.3 is 14.6 Å². The number of rotatable bonds is 8. The molecule has 33 heavy (non-hydrogen) atoms. The molecule has 0 bridgehead atoms. The monoisotopic (exact) mass is 466 g/mol. The summed E-state index contributed by atoms with van der Waals surface area (Å²) in [6.45, 7) is 5.94. The molecule has 3 aromatic rings. The second-order valence-electron chi connectivity index (χ2n) is 7.47. The van der Waals surface area contributed by atoms with Crippen LogP contribution >= 0.6 is 11.6 Å². The molecule has 1 heterocycles. The van der Waals surface area contributed by atoms with Crippen LogP contribution in [0.4, 0.5) is 4.79 Å². The fraction of sp³-hybridized carbons (Fsp3) is 0.240. The van der Waals surface area contributed by atoms with E-state index in [1.165, 1.54) is 0 Å². The van der Waals surface area contributed by atoms with Gasteiger partial charge in [-0.15, -0.1) is 0 Å². The van der Waals surface area contributed by atoms with Crippen molar-refractivity contribution < 1.29 is 14.3 Å². The first-order valence-electron chi connectivity index (χ1n) is 10.6. The van der Waals surface area contributed by atoms with Crippen LogP contribution in [-0.2, 0) is 9.53 Å². The molecule has 0 saturated carbocycles. The lowest BCUT2D eigenvalue weighted by molar-refractivity contribution is -0.121. The third-order valence-corrected chi connectivity index (χ3v) is 5.32. The van der Waals surface area contributed by atoms with E-state index in [1.807, 2.05) is 74.5 Å². The van der Waals surface area contributed by atoms with Crippen LogP contribution in [0.25, 0.3) is 5.69 Å². The van der Waals surface area contributed by atoms with Crippen LogP contribution in [0.2, 0.25) is 5.02 Å². The number of amides is 2. The Kier molecular flexibility index (Phi) is 8.27. The van der Waals surface area contributed by atoms with E-state index < -0.39 is 12.1 Å². The zero-order chi connectivity index (χ0) is 23.8. The van der Waals surface area contributed by atoms with E-state index >= 15 is 0 Å². The number of aromatic nitrogens is 1. The van der Waals surface area contributed by atoms with Crippen LogP contribution in [0.5, 0.6) is 0 Å². The summed E-state index contributed by atoms with van der Waals surface area (Å²) in [5, 5.41) is 7.51. The van der Waals surface area contributed by atoms with Crippen LogP contribution < -0.4 is 10.7 Å². The molecular formula is C25H27ClN4O3. The highest BCUT2D eigenvalue weighted by Gasteiger charge is 2.19. The lowest BCUT2D eigenvalue weighted by Gasteiger charge is -2.18. The summed E-state index contributed by atoms with van der Waals surface area (Å²) in [6.07, 6.45) is 1.05. The smallest absolute Gasteiger partial charge is 0.407 e. The molecule has 0 unspecified atom stereocenters. The highest BCUT2D eigenvalue weighted by atomic mass is 35.5. The van der Waals surface area contributed by atoms with E-state index in [0.717, 1.165) is 28.2 Å². The summed E-state index contributed by atoms with van der Waals surface area (Å²) in [5.41, 5.74) is 7.17. The average molecular weight is 467 g/mol. The number of nitrogens with zero attached hydrogens (tertiary/aromatic N) is 2. The van der Waals surface area contributed by atoms with Gasteiger partial charge in [0, 0.05) is 27.7 Å². The Hall–Kier alpha value is -3.58. The van der Waals surface area contributed by atoms with E-state index in [2.05, 4.69) is 20.4 Å². The summed E-state index contributed by atoms with van der Waals surface area (Å²) in [7, 11) is 0. The molecule has 2 amide bonds. The van der Waals surface area contributed by atoms with E-state index in [9.17, 15) is 9.59 Å². The summed E-state index contributed by atoms with van der Waals surface area (Å²) in [6, 6.07) is 18.3. The molecule has 0 aliphatic rings. The topological polar surface area (TPSA) is 84.7 Å². The number of halogens is 1. The van der Waals surface area contributed by atoms with Gasteiger partial charge in [0.25, 0.3) is 0 Å². The van der Waals surface area contributed by atoms with Gasteiger partial charge in [-0.25, -0.2) is 10.2 Å². The highest BCUT2D eigenvalue weighted by Crippen LogP contribution is 2.22. The number of hydrogen-bond acceptors (Lipinski definition) is 4. The van der Waals surface area contributed by atoms with Crippen LogP contribution in [0, 0.1) is 13.8 Å². The number of hydrazone groups is 1. The van der Waals surface area contributed by atoms with Crippen molar-refractivity contribution in [3.63, 3.8) is 0 Å². The molecule has 1 aromatic heterocycles. The Balaban J connectivity index is 1.68. The number of aryl methyl sites for hydroxylation is 1. The third-order valence-electron chi connectivity index (χ3n) is 5.09. The molecule has 172 valence electrons. The molecule has 0 aliphatic heterocycles. The first-order valence-corrected chi connectivity index (χ1v) is 11.0. The van der Waals surface area contributed by atoms with E-state index in [1.54, 1.807) is 13.1 Å². The van der Waals surface area contributed by atoms with Crippen LogP contribution in [-0.4, -0.2) is 29.4 Å². The second kappa shape index (κ2) is 11.3. The molecule has 0 spiro atoms. The minimum Gasteiger partial charge on any atom is -0.450 e. The molecule has 0 saturated heterocycles. The first-order chi connectivity index (χ1) is 15.9. The zero-order valence-corrected chi connectivity index (χ0v) is 19.6. The van der Waals surface area contributed by atoms with Crippen molar-refractivity contribution in [3.05, 3.63) is 88.2 Å². The van der Waals surface area contributed by atoms with Crippen LogP contribution in [0.15, 0.2) is 65.8 Å². The minimum absolute atomic E-state index is 0.0156. The van der Waals surface area contributed by atoms with Gasteiger partial charge in [0.05, 0.1) is 25.3 Å². The van der Waals surface area contributed by atoms with Gasteiger partial charge in [0.15, 0.2) is 0 Å². The van der Waals surface area contributed by atoms with Crippen molar-refractivity contribution in [1.82, 2.24) is 15.3 Å². The number of carbonyl (C=O) groups is 2. The Morgan fingerprint density at radius 3 is 2.58 bits per heavy atom. The number of carbonyl (C=O) groups excluding carboxylic acids is 2. The van der Waals surface area contributed by atoms with Gasteiger partial charge in [-0.3, -0.25) is 4.79 Å². The van der Waals surface area contributed by atoms with E-state index in [4.69, 9.17) is 16.3 Å². The number of nitrogens with one attached hydrogen (secondary N) is 2. The summed E-state index contributed by atoms with van der Waals surface area (Å²) in [4.78, 5) is 24.4. The normalized spacial score (nSPS) is 11.9. The van der Waals surface area contributed by atoms with Gasteiger partial charge in [0.1, 0.15) is 0 Å². The number of alkyl carbamates (subject to hydrolysis) is 1. The van der Waals surface area contributed by atoms with Crippen LogP contribution in [0.1, 0.15) is 41.9 Å². The maximum absolute atomic E-state index is 12.5. The third kappa shape index (κ3) is 6.46. The fourth-order valence-electron chi connectivity index (χ4n) is 3.59. The van der Waals surface area contributed by atoms with Gasteiger partial charge in [-0.2, -0.15) is 5.10 Å². The Labute approximate surface area is 198 Å². The molecule has 8 heteroatoms. The molecule has 1 atom stereocenters. The molecule has 0 aliphatic carbocycles. The Morgan fingerprint density at radius 1 is 1.12 bits per heavy atom. The quantitative estimate of drug-likeness (QED) is 0.359. The van der Waals surface area contributed by atoms with Gasteiger partial charge in [-0.1, -0.05) is 48.0 Å². The molecule has 7 nitrogen and oxygen atoms in total. The Bertz CT molecular complexity index is 1140. The van der Waals surface area contributed by atoms with E-state index in [0.29, 0.717) is 5.02 Å². The largest absolute Gasteiger partial charge is 0.450 e. The molecular weight excluding hydrogens is 440 g/mol. The lowest BCUT2D eigenvalue weighted by Crippen LogP contribution is -2.33. The van der Waals surface area contributed by atoms with Gasteiger partial charge in [0.2, 0.25) is 5.91 Å². The van der Waals surface area contributed by atoms with Crippen molar-refractivity contribution in [2.24, 2.45) is 5.10 Å². The second-order valence-corrected chi connectivity index (χ2v) is 7.90. The number of hydrogen-bond donors (Lipinski definition) is 2. The number of ether oxygens (including phenoxy) is 1. The molecule has 2 N–H and O–H groups in total. The van der Waals surface area contributed by atoms with Crippen LogP contribution in [0.3, 0.4) is 0 Å². The fourth-order valence-corrected chi connectivity index (χ4v) is 3.77. The first kappa shape index (κ1) is 24.1. The van der Waals surface area contributed by atoms with Crippen molar-refractivity contribution >= 4 is 29.8 Å². The SMILES string of the molecule is CCOC(=O)N[C@@H](CC(=O)N/N=C\c1cc(C)n(-c2cccc(Cl)c2)c1C)c1ccccc1.